The first kappa shape index (κ1) is 16.2. The van der Waals surface area contributed by atoms with Gasteiger partial charge in [-0.1, -0.05) is 11.6 Å². The number of hydrogen-bond acceptors (Lipinski definition) is 6. The van der Waals surface area contributed by atoms with E-state index in [1.54, 1.807) is 6.07 Å². The molecule has 1 unspecified atom stereocenters. The van der Waals surface area contributed by atoms with Gasteiger partial charge in [0.05, 0.1) is 18.7 Å². The minimum Gasteiger partial charge on any atom is -0.467 e. The Morgan fingerprint density at radius 1 is 1.48 bits per heavy atom. The predicted molar refractivity (Wildman–Crippen MR) is 74.4 cm³/mol. The Hall–Kier alpha value is -1.22. The molecule has 116 valence electrons. The normalized spacial score (nSPS) is 23.2. The van der Waals surface area contributed by atoms with Gasteiger partial charge in [0.2, 0.25) is 0 Å². The predicted octanol–water partition coefficient (Wildman–Crippen LogP) is 0.688. The van der Waals surface area contributed by atoms with Crippen LogP contribution < -0.4 is 0 Å². The van der Waals surface area contributed by atoms with Crippen molar-refractivity contribution in [2.24, 2.45) is 0 Å². The summed E-state index contributed by atoms with van der Waals surface area (Å²) >= 11 is 5.89. The Morgan fingerprint density at radius 3 is 2.76 bits per heavy atom. The number of pyridine rings is 1. The molecule has 2 heterocycles. The highest BCUT2D eigenvalue weighted by atomic mass is 35.5. The van der Waals surface area contributed by atoms with Gasteiger partial charge in [-0.25, -0.2) is 18.2 Å². The molecule has 1 saturated heterocycles. The maximum absolute atomic E-state index is 12.5. The first-order valence-corrected chi connectivity index (χ1v) is 7.93. The van der Waals surface area contributed by atoms with Gasteiger partial charge in [0.15, 0.2) is 10.6 Å². The second-order valence-electron chi connectivity index (χ2n) is 4.57. The Morgan fingerprint density at radius 2 is 2.19 bits per heavy atom. The van der Waals surface area contributed by atoms with Crippen molar-refractivity contribution in [2.75, 3.05) is 27.3 Å². The Bertz CT molecular complexity index is 651. The number of carbonyl (C=O) groups excluding carboxylic acids is 1. The number of esters is 1. The average Bonchev–Trinajstić information content (AvgIpc) is 2.93. The number of ether oxygens (including phenoxy) is 2. The van der Waals surface area contributed by atoms with Crippen molar-refractivity contribution in [1.29, 1.82) is 0 Å². The summed E-state index contributed by atoms with van der Waals surface area (Å²) in [6, 6.07) is 2.99. The van der Waals surface area contributed by atoms with Crippen LogP contribution in [-0.2, 0) is 24.3 Å². The number of halogens is 1. The minimum atomic E-state index is -3.89. The van der Waals surface area contributed by atoms with Crippen molar-refractivity contribution in [3.05, 3.63) is 23.4 Å². The Kier molecular flexibility index (Phi) is 4.52. The third kappa shape index (κ3) is 2.76. The lowest BCUT2D eigenvalue weighted by atomic mass is 10.0. The summed E-state index contributed by atoms with van der Waals surface area (Å²) in [4.78, 5) is 15.6. The maximum atomic E-state index is 12.5. The van der Waals surface area contributed by atoms with Crippen molar-refractivity contribution < 1.29 is 22.7 Å². The summed E-state index contributed by atoms with van der Waals surface area (Å²) in [5.41, 5.74) is -1.29. The highest BCUT2D eigenvalue weighted by Gasteiger charge is 2.50. The number of sulfonamides is 1. The fourth-order valence-electron chi connectivity index (χ4n) is 2.24. The fourth-order valence-corrected chi connectivity index (χ4v) is 4.12. The molecule has 0 radical (unpaired) electrons. The van der Waals surface area contributed by atoms with E-state index in [0.717, 1.165) is 4.31 Å². The molecule has 1 aromatic rings. The van der Waals surface area contributed by atoms with Gasteiger partial charge in [-0.05, 0) is 12.1 Å². The zero-order valence-corrected chi connectivity index (χ0v) is 13.1. The number of carbonyl (C=O) groups is 1. The van der Waals surface area contributed by atoms with Crippen LogP contribution in [0.4, 0.5) is 0 Å². The lowest BCUT2D eigenvalue weighted by molar-refractivity contribution is -0.164. The third-order valence-corrected chi connectivity index (χ3v) is 5.68. The van der Waals surface area contributed by atoms with Crippen LogP contribution in [0.5, 0.6) is 0 Å². The van der Waals surface area contributed by atoms with E-state index in [1.807, 2.05) is 0 Å². The monoisotopic (exact) mass is 334 g/mol. The van der Waals surface area contributed by atoms with E-state index in [0.29, 0.717) is 0 Å². The molecule has 0 amide bonds. The molecule has 0 aromatic carbocycles. The molecule has 0 aliphatic carbocycles. The van der Waals surface area contributed by atoms with Gasteiger partial charge < -0.3 is 9.47 Å². The van der Waals surface area contributed by atoms with E-state index < -0.39 is 21.6 Å². The van der Waals surface area contributed by atoms with E-state index >= 15 is 0 Å². The van der Waals surface area contributed by atoms with Gasteiger partial charge in [-0.3, -0.25) is 0 Å². The van der Waals surface area contributed by atoms with E-state index in [9.17, 15) is 13.2 Å². The summed E-state index contributed by atoms with van der Waals surface area (Å²) in [5.74, 6) is -0.602. The summed E-state index contributed by atoms with van der Waals surface area (Å²) in [7, 11) is -1.31. The smallest absolute Gasteiger partial charge is 0.339 e. The minimum absolute atomic E-state index is 0.0329. The van der Waals surface area contributed by atoms with E-state index in [-0.39, 0.29) is 29.6 Å². The fraction of sp³-hybridized carbons (Fsp3) is 0.500. The molecule has 1 atom stereocenters. The molecule has 2 rings (SSSR count). The van der Waals surface area contributed by atoms with Crippen LogP contribution in [-0.4, -0.2) is 56.6 Å². The largest absolute Gasteiger partial charge is 0.467 e. The quantitative estimate of drug-likeness (QED) is 0.753. The number of hydrogen-bond donors (Lipinski definition) is 0. The van der Waals surface area contributed by atoms with Gasteiger partial charge in [0.1, 0.15) is 0 Å². The van der Waals surface area contributed by atoms with E-state index in [4.69, 9.17) is 21.1 Å². The van der Waals surface area contributed by atoms with Crippen LogP contribution >= 0.6 is 11.6 Å². The first-order chi connectivity index (χ1) is 9.87. The molecule has 1 fully saturated rings. The summed E-state index contributed by atoms with van der Waals surface area (Å²) in [5, 5.41) is -0.200. The Balaban J connectivity index is 2.33. The highest BCUT2D eigenvalue weighted by Crippen LogP contribution is 2.31. The molecule has 9 heteroatoms. The molecule has 0 saturated carbocycles. The van der Waals surface area contributed by atoms with Gasteiger partial charge >= 0.3 is 5.97 Å². The van der Waals surface area contributed by atoms with Crippen LogP contribution in [0.15, 0.2) is 23.4 Å². The van der Waals surface area contributed by atoms with Crippen LogP contribution in [0.2, 0.25) is 5.02 Å². The maximum Gasteiger partial charge on any atom is 0.339 e. The van der Waals surface area contributed by atoms with Crippen molar-refractivity contribution in [3.8, 4) is 0 Å². The number of aromatic nitrogens is 1. The molecular formula is C12H15ClN2O5S. The second-order valence-corrected chi connectivity index (χ2v) is 6.83. The van der Waals surface area contributed by atoms with Crippen molar-refractivity contribution in [3.63, 3.8) is 0 Å². The number of methoxy groups -OCH3 is 2. The summed E-state index contributed by atoms with van der Waals surface area (Å²) < 4.78 is 36.1. The zero-order valence-electron chi connectivity index (χ0n) is 11.6. The molecule has 1 aliphatic heterocycles. The average molecular weight is 335 g/mol. The number of nitrogens with zero attached hydrogens (tertiary/aromatic N) is 2. The molecule has 1 aliphatic rings. The van der Waals surface area contributed by atoms with Gasteiger partial charge in [0.25, 0.3) is 10.0 Å². The molecule has 0 spiro atoms. The topological polar surface area (TPSA) is 85.8 Å². The van der Waals surface area contributed by atoms with E-state index in [2.05, 4.69) is 4.98 Å². The lowest BCUT2D eigenvalue weighted by Gasteiger charge is -2.24. The van der Waals surface area contributed by atoms with Crippen LogP contribution in [0.1, 0.15) is 6.42 Å². The number of rotatable bonds is 4. The lowest BCUT2D eigenvalue weighted by Crippen LogP contribution is -2.45. The molecular weight excluding hydrogens is 320 g/mol. The second kappa shape index (κ2) is 5.88. The molecule has 0 N–H and O–H groups in total. The van der Waals surface area contributed by atoms with Crippen LogP contribution in [0, 0.1) is 0 Å². The van der Waals surface area contributed by atoms with Gasteiger partial charge in [-0.15, -0.1) is 0 Å². The molecule has 0 bridgehead atoms. The summed E-state index contributed by atoms with van der Waals surface area (Å²) in [6.45, 7) is -0.0103. The van der Waals surface area contributed by atoms with Crippen LogP contribution in [0.3, 0.4) is 0 Å². The SMILES string of the molecule is COC(=O)C1(OC)CCN(S(=O)(=O)c2ncccc2Cl)C1. The molecule has 7 nitrogen and oxygen atoms in total. The molecule has 1 aromatic heterocycles. The Labute approximate surface area is 127 Å². The summed E-state index contributed by atoms with van der Waals surface area (Å²) in [6.07, 6.45) is 1.55. The zero-order chi connectivity index (χ0) is 15.7. The van der Waals surface area contributed by atoms with Crippen molar-refractivity contribution in [1.82, 2.24) is 9.29 Å². The van der Waals surface area contributed by atoms with Crippen molar-refractivity contribution in [2.45, 2.75) is 17.0 Å². The first-order valence-electron chi connectivity index (χ1n) is 6.11. The van der Waals surface area contributed by atoms with Gasteiger partial charge in [-0.2, -0.15) is 4.31 Å². The third-order valence-electron chi connectivity index (χ3n) is 3.45. The standard InChI is InChI=1S/C12H15ClN2O5S/c1-19-11(16)12(20-2)5-7-15(8-12)21(17,18)10-9(13)4-3-6-14-10/h3-4,6H,5,7-8H2,1-2H3. The van der Waals surface area contributed by atoms with Crippen LogP contribution in [0.25, 0.3) is 0 Å². The van der Waals surface area contributed by atoms with Gasteiger partial charge in [0, 0.05) is 26.3 Å². The van der Waals surface area contributed by atoms with E-state index in [1.165, 1.54) is 26.5 Å². The molecule has 21 heavy (non-hydrogen) atoms. The highest BCUT2D eigenvalue weighted by molar-refractivity contribution is 7.89. The van der Waals surface area contributed by atoms with Crippen molar-refractivity contribution >= 4 is 27.6 Å².